The van der Waals surface area contributed by atoms with Crippen LogP contribution in [0.25, 0.3) is 20.7 Å². The Morgan fingerprint density at radius 2 is 1.93 bits per heavy atom. The summed E-state index contributed by atoms with van der Waals surface area (Å²) >= 11 is 1.50. The van der Waals surface area contributed by atoms with Gasteiger partial charge in [-0.15, -0.1) is 11.3 Å². The largest absolute Gasteiger partial charge is 0.464 e. The highest BCUT2D eigenvalue weighted by atomic mass is 32.1. The van der Waals surface area contributed by atoms with E-state index < -0.39 is 0 Å². The molecule has 0 aliphatic carbocycles. The maximum absolute atomic E-state index is 13.1. The second-order valence-electron chi connectivity index (χ2n) is 7.04. The number of fused-ring (bicyclic) bond motifs is 1. The van der Waals surface area contributed by atoms with Crippen LogP contribution in [0.5, 0.6) is 0 Å². The van der Waals surface area contributed by atoms with Gasteiger partial charge < -0.3 is 9.32 Å². The second-order valence-corrected chi connectivity index (χ2v) is 8.04. The summed E-state index contributed by atoms with van der Waals surface area (Å²) < 4.78 is 6.90. The number of aryl methyl sites for hydroxylation is 2. The maximum atomic E-state index is 13.1. The number of hydrogen-bond donors (Lipinski definition) is 0. The van der Waals surface area contributed by atoms with Gasteiger partial charge in [0.1, 0.15) is 22.9 Å². The summed E-state index contributed by atoms with van der Waals surface area (Å²) in [6.45, 7) is 4.08. The molecule has 3 aromatic heterocycles. The molecular formula is C22H21N3O3S. The lowest BCUT2D eigenvalue weighted by atomic mass is 10.1. The first kappa shape index (κ1) is 19.1. The average Bonchev–Trinajstić information content (AvgIpc) is 3.27. The molecule has 0 aliphatic heterocycles. The Morgan fingerprint density at radius 3 is 2.62 bits per heavy atom. The zero-order valence-corrected chi connectivity index (χ0v) is 17.3. The first-order valence-corrected chi connectivity index (χ1v) is 10.1. The van der Waals surface area contributed by atoms with Crippen LogP contribution in [-0.2, 0) is 17.9 Å². The number of amides is 1. The lowest BCUT2D eigenvalue weighted by Gasteiger charge is -2.16. The maximum Gasteiger partial charge on any atom is 0.262 e. The molecular weight excluding hydrogens is 386 g/mol. The monoisotopic (exact) mass is 407 g/mol. The highest BCUT2D eigenvalue weighted by Gasteiger charge is 2.18. The first-order valence-electron chi connectivity index (χ1n) is 9.27. The predicted octanol–water partition coefficient (Wildman–Crippen LogP) is 3.99. The summed E-state index contributed by atoms with van der Waals surface area (Å²) in [6.07, 6.45) is 1.46. The van der Waals surface area contributed by atoms with E-state index in [2.05, 4.69) is 4.98 Å². The van der Waals surface area contributed by atoms with Gasteiger partial charge in [-0.05, 0) is 37.1 Å². The molecule has 1 aromatic carbocycles. The van der Waals surface area contributed by atoms with Gasteiger partial charge >= 0.3 is 0 Å². The van der Waals surface area contributed by atoms with E-state index in [0.717, 1.165) is 21.8 Å². The van der Waals surface area contributed by atoms with Gasteiger partial charge in [0.05, 0.1) is 18.3 Å². The van der Waals surface area contributed by atoms with E-state index in [1.807, 2.05) is 56.3 Å². The molecule has 3 heterocycles. The molecule has 0 aliphatic rings. The molecule has 1 amide bonds. The van der Waals surface area contributed by atoms with Gasteiger partial charge in [-0.3, -0.25) is 14.2 Å². The Bertz CT molecular complexity index is 1240. The molecule has 0 unspecified atom stereocenters. The fourth-order valence-corrected chi connectivity index (χ4v) is 4.44. The molecule has 29 heavy (non-hydrogen) atoms. The van der Waals surface area contributed by atoms with Crippen molar-refractivity contribution in [3.05, 3.63) is 76.2 Å². The molecule has 0 fully saturated rings. The van der Waals surface area contributed by atoms with Crippen molar-refractivity contribution in [1.82, 2.24) is 14.5 Å². The van der Waals surface area contributed by atoms with Gasteiger partial charge in [0.25, 0.3) is 5.56 Å². The zero-order valence-electron chi connectivity index (χ0n) is 16.5. The third kappa shape index (κ3) is 3.73. The quantitative estimate of drug-likeness (QED) is 0.502. The SMILES string of the molecule is Cc1ccc(CN(C)C(=O)Cn2cnc3sc(-c4ccccc4)c(C)c3c2=O)o1. The van der Waals surface area contributed by atoms with Crippen LogP contribution in [0.4, 0.5) is 0 Å². The van der Waals surface area contributed by atoms with Gasteiger partial charge in [0.2, 0.25) is 5.91 Å². The van der Waals surface area contributed by atoms with Gasteiger partial charge in [-0.1, -0.05) is 30.3 Å². The van der Waals surface area contributed by atoms with E-state index in [4.69, 9.17) is 4.42 Å². The summed E-state index contributed by atoms with van der Waals surface area (Å²) in [5.41, 5.74) is 1.76. The van der Waals surface area contributed by atoms with Crippen LogP contribution in [-0.4, -0.2) is 27.4 Å². The van der Waals surface area contributed by atoms with Crippen LogP contribution >= 0.6 is 11.3 Å². The number of thiophene rings is 1. The van der Waals surface area contributed by atoms with E-state index in [1.54, 1.807) is 11.9 Å². The Hall–Kier alpha value is -3.19. The van der Waals surface area contributed by atoms with Crippen LogP contribution < -0.4 is 5.56 Å². The number of aromatic nitrogens is 2. The standard InChI is InChI=1S/C22H21N3O3S/c1-14-9-10-17(28-14)11-24(3)18(26)12-25-13-23-21-19(22(25)27)15(2)20(29-21)16-7-5-4-6-8-16/h4-10,13H,11-12H2,1-3H3. The average molecular weight is 407 g/mol. The molecule has 148 valence electrons. The Morgan fingerprint density at radius 1 is 1.17 bits per heavy atom. The van der Waals surface area contributed by atoms with Crippen molar-refractivity contribution >= 4 is 27.5 Å². The minimum atomic E-state index is -0.193. The van der Waals surface area contributed by atoms with Gasteiger partial charge in [-0.25, -0.2) is 4.98 Å². The highest BCUT2D eigenvalue weighted by molar-refractivity contribution is 7.22. The van der Waals surface area contributed by atoms with Crippen molar-refractivity contribution < 1.29 is 9.21 Å². The fraction of sp³-hybridized carbons (Fsp3) is 0.227. The van der Waals surface area contributed by atoms with E-state index in [1.165, 1.54) is 22.2 Å². The molecule has 4 aromatic rings. The van der Waals surface area contributed by atoms with E-state index in [0.29, 0.717) is 22.5 Å². The van der Waals surface area contributed by atoms with Crippen molar-refractivity contribution in [1.29, 1.82) is 0 Å². The third-order valence-corrected chi connectivity index (χ3v) is 6.12. The molecule has 0 N–H and O–H groups in total. The fourth-order valence-electron chi connectivity index (χ4n) is 3.30. The van der Waals surface area contributed by atoms with Crippen LogP contribution in [0.2, 0.25) is 0 Å². The number of carbonyl (C=O) groups excluding carboxylic acids is 1. The minimum Gasteiger partial charge on any atom is -0.464 e. The van der Waals surface area contributed by atoms with E-state index in [9.17, 15) is 9.59 Å². The van der Waals surface area contributed by atoms with Crippen molar-refractivity contribution in [2.24, 2.45) is 0 Å². The van der Waals surface area contributed by atoms with E-state index in [-0.39, 0.29) is 18.0 Å². The molecule has 0 spiro atoms. The third-order valence-electron chi connectivity index (χ3n) is 4.87. The Kier molecular flexibility index (Phi) is 5.07. The number of furan rings is 1. The minimum absolute atomic E-state index is 0.0616. The lowest BCUT2D eigenvalue weighted by Crippen LogP contribution is -2.33. The summed E-state index contributed by atoms with van der Waals surface area (Å²) in [7, 11) is 1.69. The number of benzene rings is 1. The first-order chi connectivity index (χ1) is 13.9. The molecule has 0 saturated carbocycles. The molecule has 0 saturated heterocycles. The smallest absolute Gasteiger partial charge is 0.262 e. The summed E-state index contributed by atoms with van der Waals surface area (Å²) in [6, 6.07) is 13.7. The van der Waals surface area contributed by atoms with Crippen LogP contribution in [0.3, 0.4) is 0 Å². The zero-order chi connectivity index (χ0) is 20.5. The molecule has 0 atom stereocenters. The topological polar surface area (TPSA) is 68.3 Å². The molecule has 7 heteroatoms. The molecule has 0 radical (unpaired) electrons. The highest BCUT2D eigenvalue weighted by Crippen LogP contribution is 2.35. The van der Waals surface area contributed by atoms with Crippen molar-refractivity contribution in [3.8, 4) is 10.4 Å². The van der Waals surface area contributed by atoms with Crippen LogP contribution in [0, 0.1) is 13.8 Å². The number of hydrogen-bond acceptors (Lipinski definition) is 5. The second kappa shape index (κ2) is 7.67. The molecule has 4 rings (SSSR count). The molecule has 6 nitrogen and oxygen atoms in total. The van der Waals surface area contributed by atoms with Crippen LogP contribution in [0.1, 0.15) is 17.1 Å². The van der Waals surface area contributed by atoms with Gasteiger partial charge in [0, 0.05) is 11.9 Å². The van der Waals surface area contributed by atoms with Crippen molar-refractivity contribution in [2.75, 3.05) is 7.05 Å². The number of likely N-dealkylation sites (N-methyl/N-ethyl adjacent to an activating group) is 1. The van der Waals surface area contributed by atoms with Crippen molar-refractivity contribution in [2.45, 2.75) is 26.9 Å². The predicted molar refractivity (Wildman–Crippen MR) is 114 cm³/mol. The van der Waals surface area contributed by atoms with E-state index >= 15 is 0 Å². The van der Waals surface area contributed by atoms with Gasteiger partial charge in [0.15, 0.2) is 0 Å². The number of nitrogens with zero attached hydrogens (tertiary/aromatic N) is 3. The normalized spacial score (nSPS) is 11.1. The van der Waals surface area contributed by atoms with Crippen LogP contribution in [0.15, 0.2) is 58.0 Å². The number of rotatable bonds is 5. The summed E-state index contributed by atoms with van der Waals surface area (Å²) in [5, 5.41) is 0.577. The summed E-state index contributed by atoms with van der Waals surface area (Å²) in [5.74, 6) is 1.33. The number of carbonyl (C=O) groups is 1. The Labute approximate surface area is 172 Å². The lowest BCUT2D eigenvalue weighted by molar-refractivity contribution is -0.131. The van der Waals surface area contributed by atoms with Crippen molar-refractivity contribution in [3.63, 3.8) is 0 Å². The molecule has 0 bridgehead atoms. The Balaban J connectivity index is 1.61. The van der Waals surface area contributed by atoms with Gasteiger partial charge in [-0.2, -0.15) is 0 Å². The summed E-state index contributed by atoms with van der Waals surface area (Å²) in [4.78, 5) is 33.4.